The van der Waals surface area contributed by atoms with Gasteiger partial charge in [-0.3, -0.25) is 4.79 Å². The van der Waals surface area contributed by atoms with E-state index in [1.807, 2.05) is 30.0 Å². The Kier molecular flexibility index (Phi) is 6.01. The van der Waals surface area contributed by atoms with Crippen molar-refractivity contribution in [1.82, 2.24) is 14.8 Å². The Morgan fingerprint density at radius 3 is 2.52 bits per heavy atom. The summed E-state index contributed by atoms with van der Waals surface area (Å²) in [5.74, 6) is 1.53. The number of thiazole rings is 1. The highest BCUT2D eigenvalue weighted by molar-refractivity contribution is 7.17. The van der Waals surface area contributed by atoms with E-state index in [4.69, 9.17) is 9.47 Å². The van der Waals surface area contributed by atoms with Crippen molar-refractivity contribution in [3.8, 4) is 22.1 Å². The van der Waals surface area contributed by atoms with Crippen LogP contribution in [0, 0.1) is 6.92 Å². The SMILES string of the molecule is COc1ccc(OC)c(-c2nc(C)c(C(=O)N3CCC(N(C)C)CC3)s2)c1. The second kappa shape index (κ2) is 8.27. The van der Waals surface area contributed by atoms with Crippen LogP contribution in [-0.2, 0) is 0 Å². The molecule has 0 spiro atoms. The molecule has 0 unspecified atom stereocenters. The van der Waals surface area contributed by atoms with E-state index in [0.29, 0.717) is 10.9 Å². The smallest absolute Gasteiger partial charge is 0.265 e. The highest BCUT2D eigenvalue weighted by atomic mass is 32.1. The summed E-state index contributed by atoms with van der Waals surface area (Å²) in [5.41, 5.74) is 1.61. The fourth-order valence-corrected chi connectivity index (χ4v) is 4.48. The third-order valence-electron chi connectivity index (χ3n) is 5.11. The minimum absolute atomic E-state index is 0.0790. The number of hydrogen-bond donors (Lipinski definition) is 0. The number of aryl methyl sites for hydroxylation is 1. The Morgan fingerprint density at radius 2 is 1.93 bits per heavy atom. The van der Waals surface area contributed by atoms with Gasteiger partial charge in [0.2, 0.25) is 0 Å². The van der Waals surface area contributed by atoms with E-state index in [1.54, 1.807) is 14.2 Å². The molecule has 0 N–H and O–H groups in total. The van der Waals surface area contributed by atoms with E-state index in [-0.39, 0.29) is 5.91 Å². The average molecular weight is 390 g/mol. The molecule has 7 heteroatoms. The van der Waals surface area contributed by atoms with Gasteiger partial charge < -0.3 is 19.3 Å². The number of carbonyl (C=O) groups excluding carboxylic acids is 1. The van der Waals surface area contributed by atoms with Crippen molar-refractivity contribution < 1.29 is 14.3 Å². The van der Waals surface area contributed by atoms with Crippen molar-refractivity contribution >= 4 is 17.2 Å². The summed E-state index contributed by atoms with van der Waals surface area (Å²) in [5, 5.41) is 0.773. The Balaban J connectivity index is 1.84. The predicted molar refractivity (Wildman–Crippen MR) is 108 cm³/mol. The number of piperidine rings is 1. The van der Waals surface area contributed by atoms with Gasteiger partial charge in [-0.05, 0) is 52.1 Å². The fraction of sp³-hybridized carbons (Fsp3) is 0.500. The van der Waals surface area contributed by atoms with Crippen LogP contribution in [0.25, 0.3) is 10.6 Å². The van der Waals surface area contributed by atoms with Crippen LogP contribution < -0.4 is 9.47 Å². The maximum absolute atomic E-state index is 13.0. The lowest BCUT2D eigenvalue weighted by atomic mass is 10.0. The van der Waals surface area contributed by atoms with Gasteiger partial charge in [0.15, 0.2) is 0 Å². The molecule has 0 radical (unpaired) electrons. The summed E-state index contributed by atoms with van der Waals surface area (Å²) in [7, 11) is 7.46. The number of ether oxygens (including phenoxy) is 2. The van der Waals surface area contributed by atoms with Crippen LogP contribution in [0.4, 0.5) is 0 Å². The van der Waals surface area contributed by atoms with Crippen LogP contribution in [0.15, 0.2) is 18.2 Å². The number of aromatic nitrogens is 1. The zero-order valence-corrected chi connectivity index (χ0v) is 17.4. The number of nitrogens with zero attached hydrogens (tertiary/aromatic N) is 3. The Labute approximate surface area is 164 Å². The second-order valence-corrected chi connectivity index (χ2v) is 7.99. The molecule has 27 heavy (non-hydrogen) atoms. The minimum atomic E-state index is 0.0790. The summed E-state index contributed by atoms with van der Waals surface area (Å²) < 4.78 is 10.8. The largest absolute Gasteiger partial charge is 0.497 e. The number of methoxy groups -OCH3 is 2. The van der Waals surface area contributed by atoms with Gasteiger partial charge in [-0.15, -0.1) is 11.3 Å². The van der Waals surface area contributed by atoms with E-state index in [0.717, 1.165) is 53.7 Å². The van der Waals surface area contributed by atoms with Crippen molar-refractivity contribution in [1.29, 1.82) is 0 Å². The molecule has 1 fully saturated rings. The second-order valence-electron chi connectivity index (χ2n) is 6.99. The van der Waals surface area contributed by atoms with Crippen molar-refractivity contribution in [2.24, 2.45) is 0 Å². The molecule has 1 aromatic heterocycles. The topological polar surface area (TPSA) is 54.9 Å². The number of amides is 1. The highest BCUT2D eigenvalue weighted by Gasteiger charge is 2.27. The first-order chi connectivity index (χ1) is 12.9. The lowest BCUT2D eigenvalue weighted by Crippen LogP contribution is -2.44. The quantitative estimate of drug-likeness (QED) is 0.785. The van der Waals surface area contributed by atoms with Gasteiger partial charge in [-0.2, -0.15) is 0 Å². The molecule has 2 aromatic rings. The molecule has 1 amide bonds. The van der Waals surface area contributed by atoms with Crippen molar-refractivity contribution in [2.45, 2.75) is 25.8 Å². The normalized spacial score (nSPS) is 15.3. The van der Waals surface area contributed by atoms with Crippen LogP contribution in [0.3, 0.4) is 0 Å². The van der Waals surface area contributed by atoms with Crippen molar-refractivity contribution in [3.05, 3.63) is 28.8 Å². The standard InChI is InChI=1S/C20H27N3O3S/c1-13-18(20(24)23-10-8-14(9-11-23)22(2)3)27-19(21-13)16-12-15(25-4)6-7-17(16)26-5/h6-7,12,14H,8-11H2,1-5H3. The fourth-order valence-electron chi connectivity index (χ4n) is 3.42. The summed E-state index contributed by atoms with van der Waals surface area (Å²) in [4.78, 5) is 22.6. The third-order valence-corrected chi connectivity index (χ3v) is 6.29. The summed E-state index contributed by atoms with van der Waals surface area (Å²) >= 11 is 1.42. The molecule has 0 atom stereocenters. The molecule has 3 rings (SSSR count). The van der Waals surface area contributed by atoms with Gasteiger partial charge in [0.05, 0.1) is 25.5 Å². The molecule has 6 nitrogen and oxygen atoms in total. The highest BCUT2D eigenvalue weighted by Crippen LogP contribution is 2.37. The first-order valence-corrected chi connectivity index (χ1v) is 9.91. The summed E-state index contributed by atoms with van der Waals surface area (Å²) in [6.45, 7) is 3.47. The van der Waals surface area contributed by atoms with Gasteiger partial charge in [0, 0.05) is 19.1 Å². The molecule has 1 saturated heterocycles. The van der Waals surface area contributed by atoms with E-state index >= 15 is 0 Å². The van der Waals surface area contributed by atoms with Crippen LogP contribution in [-0.4, -0.2) is 68.1 Å². The van der Waals surface area contributed by atoms with Crippen LogP contribution in [0.5, 0.6) is 11.5 Å². The Morgan fingerprint density at radius 1 is 1.22 bits per heavy atom. The molecule has 2 heterocycles. The average Bonchev–Trinajstić information content (AvgIpc) is 3.08. The monoisotopic (exact) mass is 389 g/mol. The molecule has 0 bridgehead atoms. The molecule has 0 aliphatic carbocycles. The van der Waals surface area contributed by atoms with Gasteiger partial charge in [0.25, 0.3) is 5.91 Å². The van der Waals surface area contributed by atoms with Gasteiger partial charge in [-0.1, -0.05) is 0 Å². The maximum atomic E-state index is 13.0. The van der Waals surface area contributed by atoms with Gasteiger partial charge in [-0.25, -0.2) is 4.98 Å². The lowest BCUT2D eigenvalue weighted by molar-refractivity contribution is 0.0667. The first-order valence-electron chi connectivity index (χ1n) is 9.10. The number of likely N-dealkylation sites (tertiary alicyclic amines) is 1. The van der Waals surface area contributed by atoms with Crippen LogP contribution in [0.1, 0.15) is 28.2 Å². The number of benzene rings is 1. The lowest BCUT2D eigenvalue weighted by Gasteiger charge is -2.35. The number of carbonyl (C=O) groups is 1. The molecular formula is C20H27N3O3S. The molecule has 146 valence electrons. The molecule has 1 aromatic carbocycles. The maximum Gasteiger partial charge on any atom is 0.265 e. The Bertz CT molecular complexity index is 811. The first kappa shape index (κ1) is 19.6. The van der Waals surface area contributed by atoms with E-state index < -0.39 is 0 Å². The minimum Gasteiger partial charge on any atom is -0.497 e. The van der Waals surface area contributed by atoms with E-state index in [1.165, 1.54) is 11.3 Å². The summed E-state index contributed by atoms with van der Waals surface area (Å²) in [6.07, 6.45) is 2.01. The molecule has 1 aliphatic heterocycles. The number of hydrogen-bond acceptors (Lipinski definition) is 6. The zero-order valence-electron chi connectivity index (χ0n) is 16.6. The molecular weight excluding hydrogens is 362 g/mol. The van der Waals surface area contributed by atoms with Crippen LogP contribution >= 0.6 is 11.3 Å². The Hall–Kier alpha value is -2.12. The molecule has 0 saturated carbocycles. The van der Waals surface area contributed by atoms with E-state index in [2.05, 4.69) is 24.0 Å². The third kappa shape index (κ3) is 4.09. The van der Waals surface area contributed by atoms with Gasteiger partial charge in [0.1, 0.15) is 21.4 Å². The summed E-state index contributed by atoms with van der Waals surface area (Å²) in [6, 6.07) is 6.16. The van der Waals surface area contributed by atoms with E-state index in [9.17, 15) is 4.79 Å². The zero-order chi connectivity index (χ0) is 19.6. The number of rotatable bonds is 5. The van der Waals surface area contributed by atoms with Crippen molar-refractivity contribution in [3.63, 3.8) is 0 Å². The van der Waals surface area contributed by atoms with Gasteiger partial charge >= 0.3 is 0 Å². The van der Waals surface area contributed by atoms with Crippen molar-refractivity contribution in [2.75, 3.05) is 41.4 Å². The molecule has 1 aliphatic rings. The predicted octanol–water partition coefficient (Wildman–Crippen LogP) is 3.30. The van der Waals surface area contributed by atoms with Crippen LogP contribution in [0.2, 0.25) is 0 Å².